The predicted molar refractivity (Wildman–Crippen MR) is 67.3 cm³/mol. The fourth-order valence-electron chi connectivity index (χ4n) is 4.40. The van der Waals surface area contributed by atoms with E-state index >= 15 is 0 Å². The molecule has 0 amide bonds. The number of hydrogen-bond acceptors (Lipinski definition) is 1. The standard InChI is InChI=1S/C15H26O/c1-11(2)13-6-9-14(4)7-5-8-15(14,10-13)12(3)16/h11,13H,5-10H2,1-4H3/t13-,14-,15-/m1/s1. The molecular weight excluding hydrogens is 196 g/mol. The first-order valence-electron chi connectivity index (χ1n) is 6.92. The number of carbonyl (C=O) groups excluding carboxylic acids is 1. The Kier molecular flexibility index (Phi) is 2.92. The molecule has 2 aliphatic rings. The number of ketones is 1. The molecule has 1 heteroatoms. The zero-order valence-corrected chi connectivity index (χ0v) is 11.3. The van der Waals surface area contributed by atoms with Crippen molar-refractivity contribution in [3.05, 3.63) is 0 Å². The second-order valence-electron chi connectivity index (χ2n) is 6.80. The Morgan fingerprint density at radius 2 is 1.94 bits per heavy atom. The summed E-state index contributed by atoms with van der Waals surface area (Å²) in [6.45, 7) is 8.84. The van der Waals surface area contributed by atoms with Crippen molar-refractivity contribution in [1.82, 2.24) is 0 Å². The van der Waals surface area contributed by atoms with Gasteiger partial charge in [-0.15, -0.1) is 0 Å². The summed E-state index contributed by atoms with van der Waals surface area (Å²) in [6, 6.07) is 0. The second-order valence-corrected chi connectivity index (χ2v) is 6.80. The predicted octanol–water partition coefficient (Wildman–Crippen LogP) is 4.21. The highest BCUT2D eigenvalue weighted by Gasteiger charge is 2.57. The first-order valence-corrected chi connectivity index (χ1v) is 6.92. The summed E-state index contributed by atoms with van der Waals surface area (Å²) in [5.41, 5.74) is 0.365. The SMILES string of the molecule is CC(=O)[C@]12CCC[C@]1(C)CC[C@@H](C(C)C)C2. The van der Waals surface area contributed by atoms with Crippen molar-refractivity contribution in [3.63, 3.8) is 0 Å². The summed E-state index contributed by atoms with van der Waals surface area (Å²) in [5, 5.41) is 0. The van der Waals surface area contributed by atoms with Crippen molar-refractivity contribution < 1.29 is 4.79 Å². The smallest absolute Gasteiger partial charge is 0.136 e. The highest BCUT2D eigenvalue weighted by molar-refractivity contribution is 5.83. The third-order valence-corrected chi connectivity index (χ3v) is 5.78. The molecular formula is C15H26O. The lowest BCUT2D eigenvalue weighted by molar-refractivity contribution is -0.138. The fraction of sp³-hybridized carbons (Fsp3) is 0.933. The molecule has 0 N–H and O–H groups in total. The minimum atomic E-state index is 0.0419. The zero-order valence-electron chi connectivity index (χ0n) is 11.3. The van der Waals surface area contributed by atoms with Gasteiger partial charge in [-0.2, -0.15) is 0 Å². The molecule has 1 nitrogen and oxygen atoms in total. The molecule has 2 saturated carbocycles. The van der Waals surface area contributed by atoms with Crippen molar-refractivity contribution >= 4 is 5.78 Å². The van der Waals surface area contributed by atoms with Gasteiger partial charge in [-0.1, -0.05) is 27.2 Å². The van der Waals surface area contributed by atoms with Gasteiger partial charge in [-0.25, -0.2) is 0 Å². The average molecular weight is 222 g/mol. The van der Waals surface area contributed by atoms with Crippen LogP contribution in [0.1, 0.15) is 66.2 Å². The van der Waals surface area contributed by atoms with E-state index in [0.29, 0.717) is 11.2 Å². The van der Waals surface area contributed by atoms with E-state index in [1.165, 1.54) is 25.7 Å². The molecule has 0 aliphatic heterocycles. The van der Waals surface area contributed by atoms with Gasteiger partial charge < -0.3 is 0 Å². The Balaban J connectivity index is 2.30. The second kappa shape index (κ2) is 3.85. The van der Waals surface area contributed by atoms with Crippen LogP contribution in [0.4, 0.5) is 0 Å². The summed E-state index contributed by atoms with van der Waals surface area (Å²) < 4.78 is 0. The van der Waals surface area contributed by atoms with Crippen LogP contribution in [0.5, 0.6) is 0 Å². The van der Waals surface area contributed by atoms with Crippen LogP contribution in [0.2, 0.25) is 0 Å². The van der Waals surface area contributed by atoms with Gasteiger partial charge in [-0.3, -0.25) is 4.79 Å². The monoisotopic (exact) mass is 222 g/mol. The van der Waals surface area contributed by atoms with Crippen LogP contribution in [0, 0.1) is 22.7 Å². The normalized spacial score (nSPS) is 43.4. The fourth-order valence-corrected chi connectivity index (χ4v) is 4.40. The largest absolute Gasteiger partial charge is 0.299 e. The molecule has 0 unspecified atom stereocenters. The number of carbonyl (C=O) groups is 1. The van der Waals surface area contributed by atoms with Crippen LogP contribution in [0.25, 0.3) is 0 Å². The van der Waals surface area contributed by atoms with Crippen molar-refractivity contribution in [2.24, 2.45) is 22.7 Å². The zero-order chi connectivity index (χ0) is 12.0. The third-order valence-electron chi connectivity index (χ3n) is 5.78. The molecule has 0 bridgehead atoms. The van der Waals surface area contributed by atoms with Gasteiger partial charge in [0.2, 0.25) is 0 Å². The van der Waals surface area contributed by atoms with E-state index < -0.39 is 0 Å². The van der Waals surface area contributed by atoms with Crippen molar-refractivity contribution in [2.75, 3.05) is 0 Å². The molecule has 2 fully saturated rings. The highest BCUT2D eigenvalue weighted by Crippen LogP contribution is 2.63. The lowest BCUT2D eigenvalue weighted by atomic mass is 9.53. The molecule has 2 rings (SSSR count). The highest BCUT2D eigenvalue weighted by atomic mass is 16.1. The average Bonchev–Trinajstić information content (AvgIpc) is 2.54. The van der Waals surface area contributed by atoms with Gasteiger partial charge in [0, 0.05) is 5.41 Å². The molecule has 0 radical (unpaired) electrons. The minimum Gasteiger partial charge on any atom is -0.299 e. The first kappa shape index (κ1) is 12.1. The molecule has 16 heavy (non-hydrogen) atoms. The molecule has 0 spiro atoms. The minimum absolute atomic E-state index is 0.0419. The Morgan fingerprint density at radius 3 is 2.50 bits per heavy atom. The van der Waals surface area contributed by atoms with Gasteiger partial charge in [0.05, 0.1) is 0 Å². The van der Waals surface area contributed by atoms with Crippen LogP contribution in [-0.4, -0.2) is 5.78 Å². The van der Waals surface area contributed by atoms with E-state index in [1.807, 2.05) is 6.92 Å². The molecule has 3 atom stereocenters. The van der Waals surface area contributed by atoms with Crippen molar-refractivity contribution in [1.29, 1.82) is 0 Å². The maximum atomic E-state index is 12.2. The lowest BCUT2D eigenvalue weighted by Crippen LogP contribution is -2.46. The third kappa shape index (κ3) is 1.55. The molecule has 92 valence electrons. The van der Waals surface area contributed by atoms with Crippen LogP contribution in [0.3, 0.4) is 0 Å². The van der Waals surface area contributed by atoms with Crippen molar-refractivity contribution in [3.8, 4) is 0 Å². The Hall–Kier alpha value is -0.330. The Bertz CT molecular complexity index is 294. The molecule has 2 aliphatic carbocycles. The van der Waals surface area contributed by atoms with E-state index in [1.54, 1.807) is 0 Å². The molecule has 0 aromatic carbocycles. The number of rotatable bonds is 2. The molecule has 0 saturated heterocycles. The molecule has 0 aromatic heterocycles. The topological polar surface area (TPSA) is 17.1 Å². The van der Waals surface area contributed by atoms with E-state index in [4.69, 9.17) is 0 Å². The molecule has 0 heterocycles. The van der Waals surface area contributed by atoms with Gasteiger partial charge in [0.25, 0.3) is 0 Å². The lowest BCUT2D eigenvalue weighted by Gasteiger charge is -2.50. The Morgan fingerprint density at radius 1 is 1.25 bits per heavy atom. The number of Topliss-reactive ketones (excluding diaryl/α,β-unsaturated/α-hetero) is 1. The first-order chi connectivity index (χ1) is 7.41. The van der Waals surface area contributed by atoms with Crippen LogP contribution in [-0.2, 0) is 4.79 Å². The van der Waals surface area contributed by atoms with E-state index in [9.17, 15) is 4.79 Å². The van der Waals surface area contributed by atoms with Crippen LogP contribution >= 0.6 is 0 Å². The van der Waals surface area contributed by atoms with Crippen LogP contribution < -0.4 is 0 Å². The summed E-state index contributed by atoms with van der Waals surface area (Å²) in [7, 11) is 0. The summed E-state index contributed by atoms with van der Waals surface area (Å²) >= 11 is 0. The van der Waals surface area contributed by atoms with Gasteiger partial charge in [0.1, 0.15) is 5.78 Å². The maximum Gasteiger partial charge on any atom is 0.136 e. The number of hydrogen-bond donors (Lipinski definition) is 0. The van der Waals surface area contributed by atoms with Gasteiger partial charge >= 0.3 is 0 Å². The van der Waals surface area contributed by atoms with E-state index in [0.717, 1.165) is 24.7 Å². The number of fused-ring (bicyclic) bond motifs is 1. The Labute approximate surface area is 100.0 Å². The van der Waals surface area contributed by atoms with Crippen LogP contribution in [0.15, 0.2) is 0 Å². The van der Waals surface area contributed by atoms with E-state index in [2.05, 4.69) is 20.8 Å². The summed E-state index contributed by atoms with van der Waals surface area (Å²) in [4.78, 5) is 12.2. The summed E-state index contributed by atoms with van der Waals surface area (Å²) in [5.74, 6) is 1.98. The van der Waals surface area contributed by atoms with E-state index in [-0.39, 0.29) is 5.41 Å². The molecule has 0 aromatic rings. The van der Waals surface area contributed by atoms with Crippen molar-refractivity contribution in [2.45, 2.75) is 66.2 Å². The maximum absolute atomic E-state index is 12.2. The summed E-state index contributed by atoms with van der Waals surface area (Å²) in [6.07, 6.45) is 7.47. The quantitative estimate of drug-likeness (QED) is 0.684. The van der Waals surface area contributed by atoms with Gasteiger partial charge in [-0.05, 0) is 56.3 Å². The van der Waals surface area contributed by atoms with Gasteiger partial charge in [0.15, 0.2) is 0 Å².